The number of aromatic nitrogens is 2. The summed E-state index contributed by atoms with van der Waals surface area (Å²) >= 11 is 0. The van der Waals surface area contributed by atoms with Crippen LogP contribution in [0.3, 0.4) is 0 Å². The zero-order valence-electron chi connectivity index (χ0n) is 12.7. The second kappa shape index (κ2) is 6.15. The smallest absolute Gasteiger partial charge is 0.410 e. The van der Waals surface area contributed by atoms with Crippen molar-refractivity contribution >= 4 is 11.9 Å². The number of likely N-dealkylation sites (tertiary alicyclic amines) is 1. The Morgan fingerprint density at radius 2 is 2.29 bits per heavy atom. The molecule has 0 aliphatic carbocycles. The molecule has 116 valence electrons. The Kier molecular flexibility index (Phi) is 4.50. The molecule has 0 bridgehead atoms. The Hall–Kier alpha value is -2.05. The minimum absolute atomic E-state index is 0.0144. The molecule has 0 radical (unpaired) electrons. The molecule has 1 saturated heterocycles. The van der Waals surface area contributed by atoms with E-state index in [1.807, 2.05) is 20.8 Å². The highest BCUT2D eigenvalue weighted by Gasteiger charge is 2.32. The number of carbonyl (C=O) groups excluding carboxylic acids is 1. The fourth-order valence-electron chi connectivity index (χ4n) is 2.19. The molecular weight excluding hydrogens is 272 g/mol. The van der Waals surface area contributed by atoms with Crippen molar-refractivity contribution in [3.8, 4) is 5.75 Å². The topological polar surface area (TPSA) is 90.6 Å². The first-order chi connectivity index (χ1) is 9.87. The number of ether oxygens (including phenoxy) is 2. The van der Waals surface area contributed by atoms with Gasteiger partial charge in [-0.25, -0.2) is 14.8 Å². The average molecular weight is 294 g/mol. The number of nitrogens with two attached hydrogens (primary N) is 1. The Balaban J connectivity index is 1.93. The molecular formula is C14H22N4O3. The Labute approximate surface area is 124 Å². The van der Waals surface area contributed by atoms with Gasteiger partial charge in [-0.2, -0.15) is 0 Å². The van der Waals surface area contributed by atoms with Crippen molar-refractivity contribution in [3.05, 3.63) is 12.5 Å². The summed E-state index contributed by atoms with van der Waals surface area (Å²) in [5.74, 6) is 0.736. The van der Waals surface area contributed by atoms with Crippen LogP contribution in [-0.4, -0.2) is 45.8 Å². The molecule has 7 heteroatoms. The maximum atomic E-state index is 12.1. The molecule has 2 heterocycles. The van der Waals surface area contributed by atoms with E-state index >= 15 is 0 Å². The molecule has 1 aliphatic rings. The molecule has 0 aromatic carbocycles. The van der Waals surface area contributed by atoms with Gasteiger partial charge in [-0.1, -0.05) is 0 Å². The minimum Gasteiger partial charge on any atom is -0.486 e. The lowest BCUT2D eigenvalue weighted by Crippen LogP contribution is -2.42. The molecule has 1 aromatic rings. The zero-order valence-corrected chi connectivity index (χ0v) is 12.7. The van der Waals surface area contributed by atoms with Gasteiger partial charge in [0, 0.05) is 6.54 Å². The van der Waals surface area contributed by atoms with E-state index < -0.39 is 5.60 Å². The van der Waals surface area contributed by atoms with Crippen LogP contribution in [0, 0.1) is 0 Å². The number of amides is 1. The summed E-state index contributed by atoms with van der Waals surface area (Å²) in [7, 11) is 0. The summed E-state index contributed by atoms with van der Waals surface area (Å²) in [5, 5.41) is 0. The maximum Gasteiger partial charge on any atom is 0.410 e. The lowest BCUT2D eigenvalue weighted by molar-refractivity contribution is 0.0187. The molecule has 7 nitrogen and oxygen atoms in total. The number of hydrogen-bond donors (Lipinski definition) is 1. The van der Waals surface area contributed by atoms with Gasteiger partial charge in [-0.05, 0) is 33.6 Å². The van der Waals surface area contributed by atoms with Gasteiger partial charge in [0.05, 0.1) is 12.2 Å². The number of anilines is 1. The van der Waals surface area contributed by atoms with Gasteiger partial charge in [0.2, 0.25) is 0 Å². The number of nitrogens with zero attached hydrogens (tertiary/aromatic N) is 3. The second-order valence-electron chi connectivity index (χ2n) is 6.05. The molecule has 2 rings (SSSR count). The number of nitrogen functional groups attached to an aromatic ring is 1. The van der Waals surface area contributed by atoms with Crippen LogP contribution in [-0.2, 0) is 4.74 Å². The lowest BCUT2D eigenvalue weighted by Gasteiger charge is -2.28. The first-order valence-electron chi connectivity index (χ1n) is 7.05. The Morgan fingerprint density at radius 1 is 1.52 bits per heavy atom. The number of hydrogen-bond acceptors (Lipinski definition) is 6. The molecule has 21 heavy (non-hydrogen) atoms. The van der Waals surface area contributed by atoms with Crippen molar-refractivity contribution in [2.75, 3.05) is 18.9 Å². The summed E-state index contributed by atoms with van der Waals surface area (Å²) in [6.45, 7) is 6.61. The van der Waals surface area contributed by atoms with Crippen molar-refractivity contribution in [1.82, 2.24) is 14.9 Å². The van der Waals surface area contributed by atoms with Crippen molar-refractivity contribution in [3.63, 3.8) is 0 Å². The van der Waals surface area contributed by atoms with Crippen LogP contribution in [0.5, 0.6) is 5.75 Å². The standard InChI is InChI=1S/C14H22N4O3/c1-14(2,3)21-13(19)18-6-4-5-10(18)8-20-11-7-16-9-17-12(11)15/h7,9-10H,4-6,8H2,1-3H3,(H2,15,16,17). The molecule has 0 saturated carbocycles. The lowest BCUT2D eigenvalue weighted by atomic mass is 10.2. The van der Waals surface area contributed by atoms with E-state index in [9.17, 15) is 4.79 Å². The van der Waals surface area contributed by atoms with Crippen LogP contribution in [0.25, 0.3) is 0 Å². The predicted molar refractivity (Wildman–Crippen MR) is 77.9 cm³/mol. The minimum atomic E-state index is -0.497. The van der Waals surface area contributed by atoms with Crippen LogP contribution in [0.4, 0.5) is 10.6 Å². The van der Waals surface area contributed by atoms with Crippen molar-refractivity contribution in [1.29, 1.82) is 0 Å². The summed E-state index contributed by atoms with van der Waals surface area (Å²) in [4.78, 5) is 21.6. The average Bonchev–Trinajstić information content (AvgIpc) is 2.84. The molecule has 2 N–H and O–H groups in total. The van der Waals surface area contributed by atoms with Crippen LogP contribution in [0.2, 0.25) is 0 Å². The Bertz CT molecular complexity index is 501. The van der Waals surface area contributed by atoms with Gasteiger partial charge in [0.1, 0.15) is 18.5 Å². The molecule has 1 amide bonds. The summed E-state index contributed by atoms with van der Waals surface area (Å²) in [6, 6.07) is -0.0144. The third kappa shape index (κ3) is 4.21. The van der Waals surface area contributed by atoms with E-state index in [-0.39, 0.29) is 12.1 Å². The number of rotatable bonds is 3. The molecule has 1 aromatic heterocycles. The van der Waals surface area contributed by atoms with E-state index in [2.05, 4.69) is 9.97 Å². The third-order valence-corrected chi connectivity index (χ3v) is 3.14. The quantitative estimate of drug-likeness (QED) is 0.914. The molecule has 1 unspecified atom stereocenters. The summed E-state index contributed by atoms with van der Waals surface area (Å²) in [6.07, 6.45) is 4.41. The monoisotopic (exact) mass is 294 g/mol. The van der Waals surface area contributed by atoms with E-state index in [0.717, 1.165) is 12.8 Å². The van der Waals surface area contributed by atoms with Crippen LogP contribution in [0.15, 0.2) is 12.5 Å². The molecule has 1 atom stereocenters. The van der Waals surface area contributed by atoms with Crippen molar-refractivity contribution in [2.45, 2.75) is 45.3 Å². The van der Waals surface area contributed by atoms with Gasteiger partial charge in [-0.15, -0.1) is 0 Å². The second-order valence-corrected chi connectivity index (χ2v) is 6.05. The van der Waals surface area contributed by atoms with Crippen LogP contribution < -0.4 is 10.5 Å². The van der Waals surface area contributed by atoms with Gasteiger partial charge < -0.3 is 20.1 Å². The first kappa shape index (κ1) is 15.3. The van der Waals surface area contributed by atoms with Gasteiger partial charge in [-0.3, -0.25) is 0 Å². The van der Waals surface area contributed by atoms with Crippen LogP contribution in [0.1, 0.15) is 33.6 Å². The Morgan fingerprint density at radius 3 is 2.95 bits per heavy atom. The SMILES string of the molecule is CC(C)(C)OC(=O)N1CCCC1COc1cncnc1N. The van der Waals surface area contributed by atoms with E-state index in [1.165, 1.54) is 12.5 Å². The van der Waals surface area contributed by atoms with Gasteiger partial charge in [0.15, 0.2) is 11.6 Å². The van der Waals surface area contributed by atoms with E-state index in [4.69, 9.17) is 15.2 Å². The fourth-order valence-corrected chi connectivity index (χ4v) is 2.19. The highest BCUT2D eigenvalue weighted by atomic mass is 16.6. The van der Waals surface area contributed by atoms with Gasteiger partial charge in [0.25, 0.3) is 0 Å². The summed E-state index contributed by atoms with van der Waals surface area (Å²) < 4.78 is 11.0. The largest absolute Gasteiger partial charge is 0.486 e. The third-order valence-electron chi connectivity index (χ3n) is 3.14. The highest BCUT2D eigenvalue weighted by molar-refractivity contribution is 5.69. The molecule has 0 spiro atoms. The number of carbonyl (C=O) groups is 1. The maximum absolute atomic E-state index is 12.1. The van der Waals surface area contributed by atoms with Crippen molar-refractivity contribution in [2.24, 2.45) is 0 Å². The normalized spacial score (nSPS) is 18.6. The fraction of sp³-hybridized carbons (Fsp3) is 0.643. The van der Waals surface area contributed by atoms with Crippen LogP contribution >= 0.6 is 0 Å². The zero-order chi connectivity index (χ0) is 15.5. The van der Waals surface area contributed by atoms with Gasteiger partial charge >= 0.3 is 6.09 Å². The molecule has 1 aliphatic heterocycles. The van der Waals surface area contributed by atoms with Crippen molar-refractivity contribution < 1.29 is 14.3 Å². The highest BCUT2D eigenvalue weighted by Crippen LogP contribution is 2.23. The summed E-state index contributed by atoms with van der Waals surface area (Å²) in [5.41, 5.74) is 5.20. The van der Waals surface area contributed by atoms with E-state index in [1.54, 1.807) is 4.90 Å². The molecule has 1 fully saturated rings. The predicted octanol–water partition coefficient (Wildman–Crippen LogP) is 1.84. The first-order valence-corrected chi connectivity index (χ1v) is 7.05. The van der Waals surface area contributed by atoms with E-state index in [0.29, 0.717) is 24.7 Å².